The second-order valence-corrected chi connectivity index (χ2v) is 5.90. The minimum Gasteiger partial charge on any atom is -0.479 e. The van der Waals surface area contributed by atoms with Crippen LogP contribution in [0.25, 0.3) is 0 Å². The monoisotopic (exact) mass is 328 g/mol. The van der Waals surface area contributed by atoms with Crippen LogP contribution in [0.1, 0.15) is 28.8 Å². The number of ether oxygens (including phenoxy) is 1. The molecule has 3 rings (SSSR count). The second kappa shape index (κ2) is 6.74. The lowest BCUT2D eigenvalue weighted by Crippen LogP contribution is -2.26. The van der Waals surface area contributed by atoms with E-state index >= 15 is 0 Å². The molecule has 7 heteroatoms. The van der Waals surface area contributed by atoms with Gasteiger partial charge in [-0.05, 0) is 30.5 Å². The summed E-state index contributed by atoms with van der Waals surface area (Å²) in [7, 11) is 3.20. The molecule has 0 aliphatic heterocycles. The first kappa shape index (κ1) is 16.0. The lowest BCUT2D eigenvalue weighted by molar-refractivity contribution is -0.120. The predicted molar refractivity (Wildman–Crippen MR) is 89.0 cm³/mol. The predicted octanol–water partition coefficient (Wildman–Crippen LogP) is 1.50. The number of carbonyl (C=O) groups is 2. The zero-order chi connectivity index (χ0) is 17.1. The van der Waals surface area contributed by atoms with Crippen LogP contribution in [-0.4, -0.2) is 34.7 Å². The summed E-state index contributed by atoms with van der Waals surface area (Å²) in [6.07, 6.45) is 4.11. The Balaban J connectivity index is 1.60. The second-order valence-electron chi connectivity index (χ2n) is 5.90. The number of anilines is 1. The van der Waals surface area contributed by atoms with Crippen LogP contribution in [0.3, 0.4) is 0 Å². The van der Waals surface area contributed by atoms with E-state index < -0.39 is 0 Å². The normalized spacial score (nSPS) is 13.4. The molecule has 0 spiro atoms. The minimum atomic E-state index is -0.292. The molecule has 2 amide bonds. The first-order chi connectivity index (χ1) is 11.5. The maximum absolute atomic E-state index is 12.3. The van der Waals surface area contributed by atoms with Gasteiger partial charge < -0.3 is 15.4 Å². The van der Waals surface area contributed by atoms with Crippen molar-refractivity contribution in [3.05, 3.63) is 41.6 Å². The molecule has 0 atom stereocenters. The fraction of sp³-hybridized carbons (Fsp3) is 0.353. The number of nitrogens with zero attached hydrogens (tertiary/aromatic N) is 2. The van der Waals surface area contributed by atoms with E-state index in [1.165, 1.54) is 11.8 Å². The standard InChI is InChI=1S/C17H20N4O3/c1-21-10-14(17(20-21)24-2)16(23)19-13-5-3-11(4-6-13)9-15(22)18-12-7-8-12/h3-6,10,12H,7-9H2,1-2H3,(H,18,22)(H,19,23). The number of hydrogen-bond acceptors (Lipinski definition) is 4. The zero-order valence-corrected chi connectivity index (χ0v) is 13.7. The number of rotatable bonds is 6. The summed E-state index contributed by atoms with van der Waals surface area (Å²) >= 11 is 0. The average Bonchev–Trinajstić information content (AvgIpc) is 3.27. The van der Waals surface area contributed by atoms with Crippen LogP contribution < -0.4 is 15.4 Å². The van der Waals surface area contributed by atoms with E-state index in [0.29, 0.717) is 23.7 Å². The number of amides is 2. The van der Waals surface area contributed by atoms with Crippen LogP contribution in [0, 0.1) is 0 Å². The minimum absolute atomic E-state index is 0.0365. The molecule has 126 valence electrons. The van der Waals surface area contributed by atoms with Crippen LogP contribution in [0.4, 0.5) is 5.69 Å². The van der Waals surface area contributed by atoms with Crippen LogP contribution in [-0.2, 0) is 18.3 Å². The van der Waals surface area contributed by atoms with Crippen molar-refractivity contribution in [1.82, 2.24) is 15.1 Å². The quantitative estimate of drug-likeness (QED) is 0.841. The Hall–Kier alpha value is -2.83. The molecule has 2 aromatic rings. The van der Waals surface area contributed by atoms with Crippen molar-refractivity contribution in [2.24, 2.45) is 7.05 Å². The number of carbonyl (C=O) groups excluding carboxylic acids is 2. The Bertz CT molecular complexity index is 748. The van der Waals surface area contributed by atoms with E-state index in [1.54, 1.807) is 25.4 Å². The maximum Gasteiger partial charge on any atom is 0.262 e. The number of nitrogens with one attached hydrogen (secondary N) is 2. The molecule has 1 aliphatic carbocycles. The van der Waals surface area contributed by atoms with Crippen LogP contribution in [0.2, 0.25) is 0 Å². The average molecular weight is 328 g/mol. The molecule has 1 fully saturated rings. The van der Waals surface area contributed by atoms with E-state index in [2.05, 4.69) is 15.7 Å². The van der Waals surface area contributed by atoms with Crippen molar-refractivity contribution in [2.45, 2.75) is 25.3 Å². The van der Waals surface area contributed by atoms with Crippen molar-refractivity contribution in [3.63, 3.8) is 0 Å². The summed E-state index contributed by atoms with van der Waals surface area (Å²) in [5.74, 6) is 0.0249. The van der Waals surface area contributed by atoms with Crippen molar-refractivity contribution in [2.75, 3.05) is 12.4 Å². The van der Waals surface area contributed by atoms with Gasteiger partial charge in [0.1, 0.15) is 5.56 Å². The van der Waals surface area contributed by atoms with Gasteiger partial charge in [-0.25, -0.2) is 0 Å². The fourth-order valence-electron chi connectivity index (χ4n) is 2.37. The summed E-state index contributed by atoms with van der Waals surface area (Å²) in [5, 5.41) is 9.81. The van der Waals surface area contributed by atoms with E-state index in [4.69, 9.17) is 4.74 Å². The SMILES string of the molecule is COc1nn(C)cc1C(=O)Nc1ccc(CC(=O)NC2CC2)cc1. The Morgan fingerprint density at radius 3 is 2.62 bits per heavy atom. The van der Waals surface area contributed by atoms with Gasteiger partial charge in [-0.2, -0.15) is 0 Å². The summed E-state index contributed by atoms with van der Waals surface area (Å²) in [5.41, 5.74) is 1.93. The van der Waals surface area contributed by atoms with Crippen molar-refractivity contribution < 1.29 is 14.3 Å². The van der Waals surface area contributed by atoms with Gasteiger partial charge >= 0.3 is 0 Å². The van der Waals surface area contributed by atoms with Crippen molar-refractivity contribution >= 4 is 17.5 Å². The van der Waals surface area contributed by atoms with E-state index in [-0.39, 0.29) is 17.7 Å². The van der Waals surface area contributed by atoms with E-state index in [0.717, 1.165) is 18.4 Å². The third kappa shape index (κ3) is 3.92. The van der Waals surface area contributed by atoms with Gasteiger partial charge in [0.2, 0.25) is 11.8 Å². The van der Waals surface area contributed by atoms with Gasteiger partial charge in [0.25, 0.3) is 5.91 Å². The number of hydrogen-bond donors (Lipinski definition) is 2. The molecule has 24 heavy (non-hydrogen) atoms. The number of methoxy groups -OCH3 is 1. The Kier molecular flexibility index (Phi) is 4.50. The Morgan fingerprint density at radius 1 is 1.29 bits per heavy atom. The van der Waals surface area contributed by atoms with Gasteiger partial charge in [0.15, 0.2) is 0 Å². The molecule has 1 aromatic heterocycles. The molecule has 0 saturated heterocycles. The number of aryl methyl sites for hydroxylation is 1. The zero-order valence-electron chi connectivity index (χ0n) is 13.7. The summed E-state index contributed by atoms with van der Waals surface area (Å²) in [6.45, 7) is 0. The molecule has 0 unspecified atom stereocenters. The number of benzene rings is 1. The molecule has 0 radical (unpaired) electrons. The van der Waals surface area contributed by atoms with Crippen LogP contribution in [0.5, 0.6) is 5.88 Å². The molecule has 1 aliphatic rings. The van der Waals surface area contributed by atoms with Crippen LogP contribution in [0.15, 0.2) is 30.5 Å². The Labute approximate surface area is 140 Å². The van der Waals surface area contributed by atoms with E-state index in [9.17, 15) is 9.59 Å². The first-order valence-electron chi connectivity index (χ1n) is 7.82. The Morgan fingerprint density at radius 2 is 2.00 bits per heavy atom. The van der Waals surface area contributed by atoms with Gasteiger partial charge in [-0.3, -0.25) is 14.3 Å². The van der Waals surface area contributed by atoms with Crippen LogP contribution >= 0.6 is 0 Å². The first-order valence-corrected chi connectivity index (χ1v) is 7.82. The topological polar surface area (TPSA) is 85.2 Å². The highest BCUT2D eigenvalue weighted by Gasteiger charge is 2.23. The van der Waals surface area contributed by atoms with Gasteiger partial charge in [-0.15, -0.1) is 5.10 Å². The molecule has 7 nitrogen and oxygen atoms in total. The molecule has 0 bridgehead atoms. The summed E-state index contributed by atoms with van der Waals surface area (Å²) in [4.78, 5) is 24.1. The molecule has 2 N–H and O–H groups in total. The highest BCUT2D eigenvalue weighted by atomic mass is 16.5. The van der Waals surface area contributed by atoms with Crippen molar-refractivity contribution in [3.8, 4) is 5.88 Å². The highest BCUT2D eigenvalue weighted by Crippen LogP contribution is 2.20. The van der Waals surface area contributed by atoms with Gasteiger partial charge in [0.05, 0.1) is 13.5 Å². The summed E-state index contributed by atoms with van der Waals surface area (Å²) in [6, 6.07) is 7.59. The lowest BCUT2D eigenvalue weighted by Gasteiger charge is -2.07. The molecule has 1 heterocycles. The largest absolute Gasteiger partial charge is 0.479 e. The lowest BCUT2D eigenvalue weighted by atomic mass is 10.1. The molecule has 1 saturated carbocycles. The third-order valence-corrected chi connectivity index (χ3v) is 3.75. The molecule has 1 aromatic carbocycles. The smallest absolute Gasteiger partial charge is 0.262 e. The summed E-state index contributed by atoms with van der Waals surface area (Å²) < 4.78 is 6.61. The van der Waals surface area contributed by atoms with E-state index in [1.807, 2.05) is 12.1 Å². The van der Waals surface area contributed by atoms with Gasteiger partial charge in [-0.1, -0.05) is 12.1 Å². The third-order valence-electron chi connectivity index (χ3n) is 3.75. The van der Waals surface area contributed by atoms with Gasteiger partial charge in [0, 0.05) is 25.0 Å². The highest BCUT2D eigenvalue weighted by molar-refractivity contribution is 6.05. The maximum atomic E-state index is 12.3. The van der Waals surface area contributed by atoms with Crippen molar-refractivity contribution in [1.29, 1.82) is 0 Å². The number of aromatic nitrogens is 2. The molecular formula is C17H20N4O3. The molecular weight excluding hydrogens is 308 g/mol. The fourth-order valence-corrected chi connectivity index (χ4v) is 2.37.